The average molecular weight is 332 g/mol. The van der Waals surface area contributed by atoms with Gasteiger partial charge in [0.15, 0.2) is 4.34 Å². The topological polar surface area (TPSA) is 68.0 Å². The van der Waals surface area contributed by atoms with E-state index in [0.717, 1.165) is 26.3 Å². The summed E-state index contributed by atoms with van der Waals surface area (Å²) in [5, 5.41) is 13.8. The van der Waals surface area contributed by atoms with E-state index >= 15 is 0 Å². The lowest BCUT2D eigenvalue weighted by Gasteiger charge is -2.00. The van der Waals surface area contributed by atoms with E-state index in [9.17, 15) is 4.79 Å². The Labute approximate surface area is 130 Å². The van der Waals surface area contributed by atoms with Crippen LogP contribution in [0.15, 0.2) is 4.34 Å². The zero-order chi connectivity index (χ0) is 14.9. The minimum absolute atomic E-state index is 0.0234. The molecule has 5 nitrogen and oxygen atoms in total. The number of thioether (sulfide) groups is 1. The first-order chi connectivity index (χ1) is 9.38. The van der Waals surface area contributed by atoms with Crippen molar-refractivity contribution in [1.29, 1.82) is 0 Å². The number of thiazole rings is 1. The molecule has 0 atom stereocenters. The normalized spacial score (nSPS) is 11.0. The number of aromatic nitrogens is 3. The molecule has 0 radical (unpaired) electrons. The Morgan fingerprint density at radius 3 is 2.70 bits per heavy atom. The van der Waals surface area contributed by atoms with Gasteiger partial charge in [0.05, 0.1) is 28.5 Å². The number of hydrogen-bond donors (Lipinski definition) is 1. The van der Waals surface area contributed by atoms with Gasteiger partial charge in [-0.15, -0.1) is 11.3 Å². The van der Waals surface area contributed by atoms with Gasteiger partial charge in [-0.2, -0.15) is 5.10 Å². The fraction of sp³-hybridized carbons (Fsp3) is 0.417. The summed E-state index contributed by atoms with van der Waals surface area (Å²) in [6.45, 7) is 3.70. The quantitative estimate of drug-likeness (QED) is 0.853. The van der Waals surface area contributed by atoms with Crippen molar-refractivity contribution in [3.05, 3.63) is 27.0 Å². The predicted molar refractivity (Wildman–Crippen MR) is 80.7 cm³/mol. The third kappa shape index (κ3) is 3.34. The number of carboxylic acid groups (broad SMARTS) is 1. The third-order valence-corrected chi connectivity index (χ3v) is 5.58. The summed E-state index contributed by atoms with van der Waals surface area (Å²) < 4.78 is 2.62. The van der Waals surface area contributed by atoms with Crippen LogP contribution < -0.4 is 0 Å². The average Bonchev–Trinajstić information content (AvgIpc) is 2.79. The van der Waals surface area contributed by atoms with E-state index in [-0.39, 0.29) is 6.42 Å². The molecule has 0 saturated heterocycles. The molecule has 0 fully saturated rings. The number of hydrogen-bond acceptors (Lipinski definition) is 5. The molecule has 0 aromatic carbocycles. The Morgan fingerprint density at radius 1 is 1.45 bits per heavy atom. The summed E-state index contributed by atoms with van der Waals surface area (Å²) >= 11 is 9.16. The molecular formula is C12H14ClN3O2S2. The van der Waals surface area contributed by atoms with Gasteiger partial charge in [0, 0.05) is 17.7 Å². The molecule has 0 aliphatic heterocycles. The van der Waals surface area contributed by atoms with E-state index in [1.54, 1.807) is 16.4 Å². The van der Waals surface area contributed by atoms with Gasteiger partial charge >= 0.3 is 5.97 Å². The first-order valence-electron chi connectivity index (χ1n) is 5.87. The summed E-state index contributed by atoms with van der Waals surface area (Å²) in [5.74, 6) is -0.172. The Kier molecular flexibility index (Phi) is 4.72. The Morgan fingerprint density at radius 2 is 2.15 bits per heavy atom. The molecule has 1 N–H and O–H groups in total. The van der Waals surface area contributed by atoms with Crippen molar-refractivity contribution in [2.75, 3.05) is 0 Å². The molecule has 2 aromatic heterocycles. The largest absolute Gasteiger partial charge is 0.481 e. The first-order valence-corrected chi connectivity index (χ1v) is 8.05. The van der Waals surface area contributed by atoms with Crippen molar-refractivity contribution in [2.45, 2.75) is 30.4 Å². The van der Waals surface area contributed by atoms with Crippen molar-refractivity contribution in [3.8, 4) is 0 Å². The van der Waals surface area contributed by atoms with Gasteiger partial charge in [0.1, 0.15) is 0 Å². The van der Waals surface area contributed by atoms with Gasteiger partial charge in [0.2, 0.25) is 0 Å². The van der Waals surface area contributed by atoms with Gasteiger partial charge in [-0.1, -0.05) is 23.4 Å². The van der Waals surface area contributed by atoms with Gasteiger partial charge < -0.3 is 5.11 Å². The number of nitrogens with zero attached hydrogens (tertiary/aromatic N) is 3. The molecule has 2 rings (SSSR count). The fourth-order valence-electron chi connectivity index (χ4n) is 1.73. The van der Waals surface area contributed by atoms with Crippen LogP contribution in [0.25, 0.3) is 0 Å². The summed E-state index contributed by atoms with van der Waals surface area (Å²) in [7, 11) is 1.86. The molecule has 2 heterocycles. The Hall–Kier alpha value is -1.05. The zero-order valence-corrected chi connectivity index (χ0v) is 13.7. The highest BCUT2D eigenvalue weighted by molar-refractivity contribution is 8.00. The number of aryl methyl sites for hydroxylation is 3. The molecule has 0 bridgehead atoms. The van der Waals surface area contributed by atoms with Gasteiger partial charge in [-0.25, -0.2) is 4.98 Å². The maximum Gasteiger partial charge on any atom is 0.308 e. The van der Waals surface area contributed by atoms with Crippen molar-refractivity contribution < 1.29 is 9.90 Å². The Bertz CT molecular complexity index is 651. The minimum atomic E-state index is -0.835. The highest BCUT2D eigenvalue weighted by Crippen LogP contribution is 2.32. The van der Waals surface area contributed by atoms with E-state index in [2.05, 4.69) is 10.1 Å². The van der Waals surface area contributed by atoms with Crippen LogP contribution in [0.5, 0.6) is 0 Å². The highest BCUT2D eigenvalue weighted by Gasteiger charge is 2.14. The summed E-state index contributed by atoms with van der Waals surface area (Å²) in [4.78, 5) is 15.9. The second kappa shape index (κ2) is 6.15. The molecule has 8 heteroatoms. The van der Waals surface area contributed by atoms with Crippen molar-refractivity contribution in [2.24, 2.45) is 7.05 Å². The summed E-state index contributed by atoms with van der Waals surface area (Å²) in [5.41, 5.74) is 2.54. The SMILES string of the molecule is Cc1nc(SCc2c(Cl)c(C)nn2C)sc1CC(=O)O. The number of halogens is 1. The molecule has 2 aromatic rings. The van der Waals surface area contributed by atoms with Crippen molar-refractivity contribution in [1.82, 2.24) is 14.8 Å². The Balaban J connectivity index is 2.09. The van der Waals surface area contributed by atoms with Crippen LogP contribution in [0.2, 0.25) is 5.02 Å². The monoisotopic (exact) mass is 331 g/mol. The molecule has 20 heavy (non-hydrogen) atoms. The van der Waals surface area contributed by atoms with Gasteiger partial charge in [0.25, 0.3) is 0 Å². The second-order valence-corrected chi connectivity index (χ2v) is 7.00. The van der Waals surface area contributed by atoms with E-state index in [1.165, 1.54) is 11.3 Å². The second-order valence-electron chi connectivity index (χ2n) is 4.32. The van der Waals surface area contributed by atoms with Crippen LogP contribution in [0.4, 0.5) is 0 Å². The lowest BCUT2D eigenvalue weighted by molar-refractivity contribution is -0.136. The number of carboxylic acids is 1. The van der Waals surface area contributed by atoms with E-state index in [0.29, 0.717) is 10.8 Å². The van der Waals surface area contributed by atoms with E-state index in [4.69, 9.17) is 16.7 Å². The van der Waals surface area contributed by atoms with Crippen LogP contribution >= 0.6 is 34.7 Å². The molecule has 0 amide bonds. The van der Waals surface area contributed by atoms with Gasteiger partial charge in [-0.3, -0.25) is 9.48 Å². The minimum Gasteiger partial charge on any atom is -0.481 e. The molecular weight excluding hydrogens is 318 g/mol. The zero-order valence-electron chi connectivity index (χ0n) is 11.3. The molecule has 0 aliphatic carbocycles. The molecule has 0 spiro atoms. The lowest BCUT2D eigenvalue weighted by atomic mass is 10.3. The summed E-state index contributed by atoms with van der Waals surface area (Å²) in [6.07, 6.45) is 0.0234. The number of carbonyl (C=O) groups is 1. The molecule has 0 aliphatic rings. The number of aliphatic carboxylic acids is 1. The maximum atomic E-state index is 10.7. The van der Waals surface area contributed by atoms with Crippen molar-refractivity contribution >= 4 is 40.7 Å². The van der Waals surface area contributed by atoms with Crippen LogP contribution in [0.3, 0.4) is 0 Å². The smallest absolute Gasteiger partial charge is 0.308 e. The van der Waals surface area contributed by atoms with E-state index in [1.807, 2.05) is 20.9 Å². The molecule has 0 unspecified atom stereocenters. The van der Waals surface area contributed by atoms with Crippen LogP contribution in [-0.2, 0) is 24.0 Å². The van der Waals surface area contributed by atoms with Crippen LogP contribution in [0.1, 0.15) is 22.0 Å². The van der Waals surface area contributed by atoms with Crippen LogP contribution in [-0.4, -0.2) is 25.8 Å². The standard InChI is InChI=1S/C12H14ClN3O2S2/c1-6-9(4-10(17)18)20-12(14-6)19-5-8-11(13)7(2)15-16(8)3/h4-5H2,1-3H3,(H,17,18). The lowest BCUT2D eigenvalue weighted by Crippen LogP contribution is -1.99. The predicted octanol–water partition coefficient (Wildman–Crippen LogP) is 3.07. The first kappa shape index (κ1) is 15.3. The van der Waals surface area contributed by atoms with Crippen molar-refractivity contribution in [3.63, 3.8) is 0 Å². The molecule has 108 valence electrons. The van der Waals surface area contributed by atoms with Gasteiger partial charge in [-0.05, 0) is 13.8 Å². The third-order valence-electron chi connectivity index (χ3n) is 2.78. The summed E-state index contributed by atoms with van der Waals surface area (Å²) in [6, 6.07) is 0. The fourth-order valence-corrected chi connectivity index (χ4v) is 4.33. The molecule has 0 saturated carbocycles. The maximum absolute atomic E-state index is 10.7. The van der Waals surface area contributed by atoms with E-state index < -0.39 is 5.97 Å². The van der Waals surface area contributed by atoms with Crippen LogP contribution in [0, 0.1) is 13.8 Å². The highest BCUT2D eigenvalue weighted by atomic mass is 35.5. The number of rotatable bonds is 5.